The number of nitrogens with two attached hydrogens (primary N) is 1. The summed E-state index contributed by atoms with van der Waals surface area (Å²) in [4.78, 5) is 15.3. The third-order valence-electron chi connectivity index (χ3n) is 3.93. The summed E-state index contributed by atoms with van der Waals surface area (Å²) in [6.45, 7) is 10.7. The van der Waals surface area contributed by atoms with Crippen molar-refractivity contribution in [3.63, 3.8) is 0 Å². The molecule has 4 nitrogen and oxygen atoms in total. The third-order valence-corrected chi connectivity index (χ3v) is 5.05. The first-order valence-corrected chi connectivity index (χ1v) is 8.65. The molecule has 5 heteroatoms. The van der Waals surface area contributed by atoms with Crippen LogP contribution in [0.25, 0.3) is 0 Å². The number of thiophene rings is 1. The van der Waals surface area contributed by atoms with E-state index in [1.165, 1.54) is 11.3 Å². The fourth-order valence-electron chi connectivity index (χ4n) is 2.64. The van der Waals surface area contributed by atoms with Crippen LogP contribution in [-0.2, 0) is 0 Å². The van der Waals surface area contributed by atoms with Crippen LogP contribution < -0.4 is 11.1 Å². The van der Waals surface area contributed by atoms with Gasteiger partial charge in [-0.15, -0.1) is 11.3 Å². The molecule has 0 aliphatic heterocycles. The van der Waals surface area contributed by atoms with E-state index in [9.17, 15) is 4.79 Å². The molecule has 1 aliphatic rings. The van der Waals surface area contributed by atoms with Crippen LogP contribution in [0.5, 0.6) is 0 Å². The van der Waals surface area contributed by atoms with Crippen molar-refractivity contribution in [1.29, 1.82) is 0 Å². The van der Waals surface area contributed by atoms with E-state index < -0.39 is 0 Å². The van der Waals surface area contributed by atoms with Crippen LogP contribution in [-0.4, -0.2) is 35.9 Å². The summed E-state index contributed by atoms with van der Waals surface area (Å²) in [5, 5.41) is 4.41. The zero-order valence-electron chi connectivity index (χ0n) is 13.5. The Morgan fingerprint density at radius 1 is 1.38 bits per heavy atom. The minimum atomic E-state index is 0.233. The average molecular weight is 309 g/mol. The van der Waals surface area contributed by atoms with Gasteiger partial charge in [0.1, 0.15) is 0 Å². The van der Waals surface area contributed by atoms with Gasteiger partial charge < -0.3 is 11.1 Å². The molecule has 118 valence electrons. The number of hydrogen-bond donors (Lipinski definition) is 2. The van der Waals surface area contributed by atoms with Crippen molar-refractivity contribution in [1.82, 2.24) is 4.90 Å². The maximum atomic E-state index is 12.1. The van der Waals surface area contributed by atoms with Crippen LogP contribution in [0.2, 0.25) is 0 Å². The number of nitrogens with zero attached hydrogens (tertiary/aromatic N) is 1. The Morgan fingerprint density at radius 2 is 2.00 bits per heavy atom. The number of nitrogens with one attached hydrogen (secondary N) is 1. The number of carbonyl (C=O) groups is 1. The summed E-state index contributed by atoms with van der Waals surface area (Å²) < 4.78 is 0. The lowest BCUT2D eigenvalue weighted by Gasteiger charge is -2.30. The molecule has 0 saturated heterocycles. The van der Waals surface area contributed by atoms with Crippen molar-refractivity contribution in [3.8, 4) is 0 Å². The quantitative estimate of drug-likeness (QED) is 0.722. The van der Waals surface area contributed by atoms with Crippen molar-refractivity contribution in [2.75, 3.05) is 24.1 Å². The molecule has 1 fully saturated rings. The molecule has 1 heterocycles. The number of nitrogen functional groups attached to an aromatic ring is 1. The van der Waals surface area contributed by atoms with Crippen molar-refractivity contribution in [3.05, 3.63) is 10.9 Å². The largest absolute Gasteiger partial charge is 0.397 e. The van der Waals surface area contributed by atoms with E-state index in [4.69, 9.17) is 5.73 Å². The predicted octanol–water partition coefficient (Wildman–Crippen LogP) is 3.45. The van der Waals surface area contributed by atoms with Crippen LogP contribution in [0.4, 0.5) is 10.7 Å². The van der Waals surface area contributed by atoms with Crippen LogP contribution in [0.3, 0.4) is 0 Å². The van der Waals surface area contributed by atoms with Crippen LogP contribution >= 0.6 is 11.3 Å². The van der Waals surface area contributed by atoms with E-state index in [0.29, 0.717) is 17.8 Å². The lowest BCUT2D eigenvalue weighted by atomic mass is 10.2. The smallest absolute Gasteiger partial charge is 0.178 e. The van der Waals surface area contributed by atoms with E-state index in [0.717, 1.165) is 35.8 Å². The lowest BCUT2D eigenvalue weighted by molar-refractivity contribution is 0.0972. The maximum Gasteiger partial charge on any atom is 0.178 e. The first-order chi connectivity index (χ1) is 9.90. The molecule has 0 amide bonds. The molecule has 3 N–H and O–H groups in total. The van der Waals surface area contributed by atoms with E-state index in [-0.39, 0.29) is 11.7 Å². The molecule has 0 spiro atoms. The summed E-state index contributed by atoms with van der Waals surface area (Å²) in [6.07, 6.45) is 2.05. The minimum absolute atomic E-state index is 0.233. The second kappa shape index (κ2) is 6.79. The van der Waals surface area contributed by atoms with Crippen molar-refractivity contribution in [2.45, 2.75) is 52.6 Å². The highest BCUT2D eigenvalue weighted by Crippen LogP contribution is 2.38. The number of ketones is 1. The maximum absolute atomic E-state index is 12.1. The summed E-state index contributed by atoms with van der Waals surface area (Å²) in [6, 6.07) is 2.97. The van der Waals surface area contributed by atoms with Gasteiger partial charge >= 0.3 is 0 Å². The number of hydrogen-bond acceptors (Lipinski definition) is 5. The van der Waals surface area contributed by atoms with Gasteiger partial charge in [0.2, 0.25) is 0 Å². The number of anilines is 2. The molecule has 0 aromatic carbocycles. The fourth-order valence-corrected chi connectivity index (χ4v) is 3.66. The molecule has 1 saturated carbocycles. The predicted molar refractivity (Wildman–Crippen MR) is 91.3 cm³/mol. The highest BCUT2D eigenvalue weighted by molar-refractivity contribution is 7.18. The van der Waals surface area contributed by atoms with Crippen molar-refractivity contribution < 1.29 is 4.79 Å². The van der Waals surface area contributed by atoms with Crippen LogP contribution in [0, 0.1) is 5.92 Å². The molecule has 1 aromatic rings. The topological polar surface area (TPSA) is 58.4 Å². The Balaban J connectivity index is 1.89. The zero-order chi connectivity index (χ0) is 15.6. The van der Waals surface area contributed by atoms with E-state index in [1.807, 2.05) is 6.07 Å². The standard InChI is InChI=1S/C16H27N3OS/c1-10(2)19(11(3)4)8-7-18-14-9-13(17)16(21-14)15(20)12-5-6-12/h9-12,18H,5-8,17H2,1-4H3. The zero-order valence-corrected chi connectivity index (χ0v) is 14.3. The molecule has 0 radical (unpaired) electrons. The highest BCUT2D eigenvalue weighted by atomic mass is 32.1. The molecule has 0 atom stereocenters. The Kier molecular flexibility index (Phi) is 5.27. The Hall–Kier alpha value is -1.07. The van der Waals surface area contributed by atoms with Gasteiger partial charge in [-0.2, -0.15) is 0 Å². The van der Waals surface area contributed by atoms with Gasteiger partial charge in [-0.25, -0.2) is 0 Å². The lowest BCUT2D eigenvalue weighted by Crippen LogP contribution is -2.40. The molecule has 0 unspecified atom stereocenters. The Labute approximate surface area is 131 Å². The van der Waals surface area contributed by atoms with Gasteiger partial charge in [0.15, 0.2) is 5.78 Å². The van der Waals surface area contributed by atoms with E-state index in [2.05, 4.69) is 37.9 Å². The minimum Gasteiger partial charge on any atom is -0.397 e. The number of rotatable bonds is 8. The first kappa shape index (κ1) is 16.3. The third kappa shape index (κ3) is 4.20. The van der Waals surface area contributed by atoms with Crippen molar-refractivity contribution >= 4 is 27.8 Å². The second-order valence-electron chi connectivity index (χ2n) is 6.39. The summed E-state index contributed by atoms with van der Waals surface area (Å²) >= 11 is 1.50. The molecule has 2 rings (SSSR count). The SMILES string of the molecule is CC(C)N(CCNc1cc(N)c(C(=O)C2CC2)s1)C(C)C. The molecule has 1 aromatic heterocycles. The summed E-state index contributed by atoms with van der Waals surface area (Å²) in [5.41, 5.74) is 6.60. The summed E-state index contributed by atoms with van der Waals surface area (Å²) in [7, 11) is 0. The van der Waals surface area contributed by atoms with Crippen LogP contribution in [0.1, 0.15) is 50.2 Å². The van der Waals surface area contributed by atoms with Crippen molar-refractivity contribution in [2.24, 2.45) is 5.92 Å². The first-order valence-electron chi connectivity index (χ1n) is 7.83. The summed E-state index contributed by atoms with van der Waals surface area (Å²) in [5.74, 6) is 0.465. The normalized spacial score (nSPS) is 15.2. The molecular weight excluding hydrogens is 282 g/mol. The van der Waals surface area contributed by atoms with Gasteiger partial charge in [-0.1, -0.05) is 0 Å². The Bertz CT molecular complexity index is 484. The highest BCUT2D eigenvalue weighted by Gasteiger charge is 2.32. The molecule has 21 heavy (non-hydrogen) atoms. The Morgan fingerprint density at radius 3 is 2.52 bits per heavy atom. The molecule has 0 bridgehead atoms. The van der Waals surface area contributed by atoms with Gasteiger partial charge in [-0.3, -0.25) is 9.69 Å². The van der Waals surface area contributed by atoms with Gasteiger partial charge in [0.25, 0.3) is 0 Å². The molecule has 1 aliphatic carbocycles. The monoisotopic (exact) mass is 309 g/mol. The van der Waals surface area contributed by atoms with Gasteiger partial charge in [0, 0.05) is 31.1 Å². The van der Waals surface area contributed by atoms with Gasteiger partial charge in [0.05, 0.1) is 15.6 Å². The number of carbonyl (C=O) groups excluding carboxylic acids is 1. The van der Waals surface area contributed by atoms with E-state index in [1.54, 1.807) is 0 Å². The fraction of sp³-hybridized carbons (Fsp3) is 0.688. The van der Waals surface area contributed by atoms with E-state index >= 15 is 0 Å². The second-order valence-corrected chi connectivity index (χ2v) is 7.44. The molecular formula is C16H27N3OS. The number of Topliss-reactive ketones (excluding diaryl/α,β-unsaturated/α-hetero) is 1. The van der Waals surface area contributed by atoms with Crippen LogP contribution in [0.15, 0.2) is 6.07 Å². The average Bonchev–Trinajstić information content (AvgIpc) is 3.17. The van der Waals surface area contributed by atoms with Gasteiger partial charge in [-0.05, 0) is 46.6 Å².